The molecule has 114 valence electrons. The molecule has 0 bridgehead atoms. The van der Waals surface area contributed by atoms with Crippen molar-refractivity contribution >= 4 is 21.8 Å². The average molecular weight is 352 g/mol. The van der Waals surface area contributed by atoms with Crippen LogP contribution in [0.2, 0.25) is 0 Å². The largest absolute Gasteiger partial charge is 0.493 e. The molecule has 0 aliphatic carbocycles. The van der Waals surface area contributed by atoms with Crippen LogP contribution < -0.4 is 4.74 Å². The van der Waals surface area contributed by atoms with Gasteiger partial charge in [-0.25, -0.2) is 0 Å². The molecule has 2 unspecified atom stereocenters. The summed E-state index contributed by atoms with van der Waals surface area (Å²) in [5, 5.41) is 0.964. The van der Waals surface area contributed by atoms with Gasteiger partial charge in [-0.15, -0.1) is 0 Å². The fourth-order valence-electron chi connectivity index (χ4n) is 3.52. The molecule has 3 rings (SSSR count). The first-order chi connectivity index (χ1) is 10.3. The van der Waals surface area contributed by atoms with Gasteiger partial charge in [0.15, 0.2) is 0 Å². The van der Waals surface area contributed by atoms with Crippen molar-refractivity contribution in [2.45, 2.75) is 44.1 Å². The molecule has 0 N–H and O–H groups in total. The lowest BCUT2D eigenvalue weighted by atomic mass is 9.89. The number of hydrogen-bond acceptors (Lipinski definition) is 2. The van der Waals surface area contributed by atoms with E-state index in [-0.39, 0.29) is 5.92 Å². The number of alkyl halides is 1. The first kappa shape index (κ1) is 14.9. The number of nitrogens with zero attached hydrogens (tertiary/aromatic N) is 1. The Labute approximate surface area is 134 Å². The molecule has 2 heterocycles. The highest BCUT2D eigenvalue weighted by molar-refractivity contribution is 9.09. The van der Waals surface area contributed by atoms with Crippen LogP contribution in [-0.2, 0) is 4.79 Å². The summed E-state index contributed by atoms with van der Waals surface area (Å²) < 4.78 is 5.69. The summed E-state index contributed by atoms with van der Waals surface area (Å²) in [7, 11) is 0. The number of likely N-dealkylation sites (tertiary alicyclic amines) is 1. The molecule has 3 nitrogen and oxygen atoms in total. The molecule has 1 fully saturated rings. The van der Waals surface area contributed by atoms with Gasteiger partial charge >= 0.3 is 0 Å². The van der Waals surface area contributed by atoms with Gasteiger partial charge in [0.05, 0.1) is 12.5 Å². The van der Waals surface area contributed by atoms with E-state index in [1.54, 1.807) is 0 Å². The molecule has 1 saturated heterocycles. The fourth-order valence-corrected chi connectivity index (χ4v) is 4.04. The van der Waals surface area contributed by atoms with E-state index < -0.39 is 0 Å². The van der Waals surface area contributed by atoms with Crippen LogP contribution in [0.3, 0.4) is 0 Å². The SMILES string of the molecule is O=C(C1CCOc2ccccc21)N1CCCCC1CCBr. The molecule has 4 heteroatoms. The Morgan fingerprint density at radius 2 is 2.14 bits per heavy atom. The summed E-state index contributed by atoms with van der Waals surface area (Å²) >= 11 is 3.53. The molecular formula is C17H22BrNO2. The van der Waals surface area contributed by atoms with Gasteiger partial charge in [0, 0.05) is 23.5 Å². The summed E-state index contributed by atoms with van der Waals surface area (Å²) in [4.78, 5) is 15.2. The Balaban J connectivity index is 1.81. The van der Waals surface area contributed by atoms with Gasteiger partial charge in [-0.3, -0.25) is 4.79 Å². The van der Waals surface area contributed by atoms with Crippen molar-refractivity contribution < 1.29 is 9.53 Å². The Morgan fingerprint density at radius 3 is 3.00 bits per heavy atom. The first-order valence-corrected chi connectivity index (χ1v) is 9.01. The molecular weight excluding hydrogens is 330 g/mol. The van der Waals surface area contributed by atoms with Gasteiger partial charge < -0.3 is 9.64 Å². The molecule has 2 aliphatic heterocycles. The third-order valence-corrected chi connectivity index (χ3v) is 5.07. The van der Waals surface area contributed by atoms with Crippen LogP contribution in [0.5, 0.6) is 5.75 Å². The maximum absolute atomic E-state index is 13.1. The van der Waals surface area contributed by atoms with Gasteiger partial charge in [0.1, 0.15) is 5.75 Å². The van der Waals surface area contributed by atoms with Crippen molar-refractivity contribution in [1.29, 1.82) is 0 Å². The summed E-state index contributed by atoms with van der Waals surface area (Å²) in [6.45, 7) is 1.56. The normalized spacial score (nSPS) is 25.1. The zero-order valence-corrected chi connectivity index (χ0v) is 13.8. The van der Waals surface area contributed by atoms with Crippen LogP contribution in [0.4, 0.5) is 0 Å². The minimum absolute atomic E-state index is 0.0223. The van der Waals surface area contributed by atoms with E-state index in [1.165, 1.54) is 6.42 Å². The number of carbonyl (C=O) groups is 1. The number of rotatable bonds is 3. The molecule has 1 aromatic carbocycles. The minimum atomic E-state index is -0.0223. The van der Waals surface area contributed by atoms with E-state index in [2.05, 4.69) is 20.8 Å². The Morgan fingerprint density at radius 1 is 1.29 bits per heavy atom. The zero-order chi connectivity index (χ0) is 14.7. The predicted octanol–water partition coefficient (Wildman–Crippen LogP) is 3.72. The predicted molar refractivity (Wildman–Crippen MR) is 87.1 cm³/mol. The van der Waals surface area contributed by atoms with E-state index in [0.29, 0.717) is 18.6 Å². The molecule has 21 heavy (non-hydrogen) atoms. The first-order valence-electron chi connectivity index (χ1n) is 7.89. The highest BCUT2D eigenvalue weighted by Gasteiger charge is 2.34. The number of fused-ring (bicyclic) bond motifs is 1. The second-order valence-corrected chi connectivity index (χ2v) is 6.68. The third-order valence-electron chi connectivity index (χ3n) is 4.61. The number of amides is 1. The molecule has 1 aromatic rings. The number of piperidine rings is 1. The van der Waals surface area contributed by atoms with E-state index in [0.717, 1.165) is 48.9 Å². The summed E-state index contributed by atoms with van der Waals surface area (Å²) in [5.74, 6) is 1.17. The Bertz CT molecular complexity index is 503. The van der Waals surface area contributed by atoms with Gasteiger partial charge in [-0.2, -0.15) is 0 Å². The van der Waals surface area contributed by atoms with Crippen molar-refractivity contribution in [3.05, 3.63) is 29.8 Å². The fraction of sp³-hybridized carbons (Fsp3) is 0.588. The lowest BCUT2D eigenvalue weighted by Gasteiger charge is -2.39. The summed E-state index contributed by atoms with van der Waals surface area (Å²) in [6, 6.07) is 8.39. The van der Waals surface area contributed by atoms with E-state index >= 15 is 0 Å². The Hall–Kier alpha value is -1.03. The van der Waals surface area contributed by atoms with Crippen LogP contribution in [0, 0.1) is 0 Å². The molecule has 0 saturated carbocycles. The monoisotopic (exact) mass is 351 g/mol. The zero-order valence-electron chi connectivity index (χ0n) is 12.3. The van der Waals surface area contributed by atoms with Gasteiger partial charge in [0.25, 0.3) is 0 Å². The van der Waals surface area contributed by atoms with Crippen LogP contribution in [0.1, 0.15) is 43.6 Å². The second-order valence-electron chi connectivity index (χ2n) is 5.89. The number of hydrogen-bond donors (Lipinski definition) is 0. The van der Waals surface area contributed by atoms with Crippen molar-refractivity contribution in [1.82, 2.24) is 4.90 Å². The second kappa shape index (κ2) is 6.82. The van der Waals surface area contributed by atoms with Crippen molar-refractivity contribution in [3.63, 3.8) is 0 Å². The van der Waals surface area contributed by atoms with Crippen molar-refractivity contribution in [2.75, 3.05) is 18.5 Å². The maximum Gasteiger partial charge on any atom is 0.230 e. The lowest BCUT2D eigenvalue weighted by molar-refractivity contribution is -0.137. The number of benzene rings is 1. The molecule has 0 radical (unpaired) electrons. The van der Waals surface area contributed by atoms with E-state index in [4.69, 9.17) is 4.74 Å². The average Bonchev–Trinajstić information content (AvgIpc) is 2.54. The quantitative estimate of drug-likeness (QED) is 0.776. The standard InChI is InChI=1S/C17H22BrNO2/c18-10-8-13-5-3-4-11-19(13)17(20)15-9-12-21-16-7-2-1-6-14(15)16/h1-2,6-7,13,15H,3-5,8-12H2. The highest BCUT2D eigenvalue weighted by atomic mass is 79.9. The topological polar surface area (TPSA) is 29.5 Å². The molecule has 0 spiro atoms. The van der Waals surface area contributed by atoms with Crippen molar-refractivity contribution in [3.8, 4) is 5.75 Å². The third kappa shape index (κ3) is 3.10. The smallest absolute Gasteiger partial charge is 0.230 e. The van der Waals surface area contributed by atoms with Crippen LogP contribution in [-0.4, -0.2) is 35.3 Å². The van der Waals surface area contributed by atoms with Crippen LogP contribution in [0.25, 0.3) is 0 Å². The van der Waals surface area contributed by atoms with Gasteiger partial charge in [-0.05, 0) is 38.2 Å². The van der Waals surface area contributed by atoms with Crippen LogP contribution in [0.15, 0.2) is 24.3 Å². The number of halogens is 1. The molecule has 2 aliphatic rings. The van der Waals surface area contributed by atoms with E-state index in [9.17, 15) is 4.79 Å². The molecule has 0 aromatic heterocycles. The minimum Gasteiger partial charge on any atom is -0.493 e. The molecule has 2 atom stereocenters. The highest BCUT2D eigenvalue weighted by Crippen LogP contribution is 2.36. The van der Waals surface area contributed by atoms with Gasteiger partial charge in [0.2, 0.25) is 5.91 Å². The summed E-state index contributed by atoms with van der Waals surface area (Å²) in [5.41, 5.74) is 1.07. The molecule has 1 amide bonds. The maximum atomic E-state index is 13.1. The Kier molecular flexibility index (Phi) is 4.84. The van der Waals surface area contributed by atoms with Crippen LogP contribution >= 0.6 is 15.9 Å². The lowest BCUT2D eigenvalue weighted by Crippen LogP contribution is -2.46. The van der Waals surface area contributed by atoms with E-state index in [1.807, 2.05) is 24.3 Å². The summed E-state index contributed by atoms with van der Waals surface area (Å²) in [6.07, 6.45) is 5.37. The van der Waals surface area contributed by atoms with Gasteiger partial charge in [-0.1, -0.05) is 34.1 Å². The van der Waals surface area contributed by atoms with Crippen molar-refractivity contribution in [2.24, 2.45) is 0 Å². The number of para-hydroxylation sites is 1. The number of carbonyl (C=O) groups excluding carboxylic acids is 1. The number of ether oxygens (including phenoxy) is 1.